The van der Waals surface area contributed by atoms with Crippen molar-refractivity contribution in [1.29, 1.82) is 0 Å². The minimum Gasteiger partial charge on any atom is -0.389 e. The molecule has 0 saturated heterocycles. The normalized spacial score (nSPS) is 30.8. The van der Waals surface area contributed by atoms with E-state index in [1.54, 1.807) is 0 Å². The summed E-state index contributed by atoms with van der Waals surface area (Å²) in [6.07, 6.45) is 5.77. The van der Waals surface area contributed by atoms with E-state index in [9.17, 15) is 5.11 Å². The van der Waals surface area contributed by atoms with Crippen LogP contribution in [-0.4, -0.2) is 20.5 Å². The highest BCUT2D eigenvalue weighted by molar-refractivity contribution is 5.07. The smallest absolute Gasteiger partial charge is 0.0729 e. The van der Waals surface area contributed by atoms with Crippen LogP contribution in [0.1, 0.15) is 65.6 Å². The van der Waals surface area contributed by atoms with Gasteiger partial charge in [-0.25, -0.2) is 0 Å². The van der Waals surface area contributed by atoms with Gasteiger partial charge in [-0.2, -0.15) is 5.10 Å². The van der Waals surface area contributed by atoms with Gasteiger partial charge in [0.2, 0.25) is 0 Å². The molecule has 3 nitrogen and oxygen atoms in total. The Hall–Kier alpha value is -0.830. The summed E-state index contributed by atoms with van der Waals surface area (Å²) in [5.74, 6) is 0.334. The zero-order valence-electron chi connectivity index (χ0n) is 13.0. The number of rotatable bonds is 3. The fraction of sp³-hybridized carbons (Fsp3) is 0.812. The quantitative estimate of drug-likeness (QED) is 0.906. The summed E-state index contributed by atoms with van der Waals surface area (Å²) in [5, 5.41) is 15.5. The van der Waals surface area contributed by atoms with Gasteiger partial charge in [0.15, 0.2) is 0 Å². The van der Waals surface area contributed by atoms with Crippen molar-refractivity contribution in [1.82, 2.24) is 9.78 Å². The van der Waals surface area contributed by atoms with Gasteiger partial charge in [-0.15, -0.1) is 0 Å². The number of nitrogens with zero attached hydrogens (tertiary/aromatic N) is 2. The van der Waals surface area contributed by atoms with Crippen LogP contribution in [0, 0.1) is 11.3 Å². The van der Waals surface area contributed by atoms with Crippen LogP contribution < -0.4 is 0 Å². The second kappa shape index (κ2) is 4.93. The minimum atomic E-state index is -0.578. The lowest BCUT2D eigenvalue weighted by molar-refractivity contribution is -0.0710. The van der Waals surface area contributed by atoms with E-state index in [0.717, 1.165) is 25.0 Å². The van der Waals surface area contributed by atoms with Crippen molar-refractivity contribution in [2.75, 3.05) is 0 Å². The molecule has 1 fully saturated rings. The number of aliphatic hydroxyl groups is 1. The number of hydrogen-bond donors (Lipinski definition) is 1. The molecule has 1 aromatic rings. The Balaban J connectivity index is 2.08. The van der Waals surface area contributed by atoms with E-state index in [-0.39, 0.29) is 0 Å². The van der Waals surface area contributed by atoms with E-state index in [0.29, 0.717) is 23.8 Å². The molecule has 3 heteroatoms. The molecule has 0 amide bonds. The lowest BCUT2D eigenvalue weighted by atomic mass is 9.64. The van der Waals surface area contributed by atoms with Crippen LogP contribution in [0.25, 0.3) is 0 Å². The number of hydrogen-bond acceptors (Lipinski definition) is 2. The fourth-order valence-electron chi connectivity index (χ4n) is 3.26. The van der Waals surface area contributed by atoms with Crippen LogP contribution in [0.5, 0.6) is 0 Å². The summed E-state index contributed by atoms with van der Waals surface area (Å²) in [7, 11) is 0. The van der Waals surface area contributed by atoms with Gasteiger partial charge in [-0.05, 0) is 50.5 Å². The monoisotopic (exact) mass is 264 g/mol. The van der Waals surface area contributed by atoms with Gasteiger partial charge in [0.05, 0.1) is 11.3 Å². The molecule has 1 aliphatic carbocycles. The van der Waals surface area contributed by atoms with E-state index in [4.69, 9.17) is 0 Å². The first-order chi connectivity index (χ1) is 8.72. The van der Waals surface area contributed by atoms with Gasteiger partial charge in [-0.1, -0.05) is 20.8 Å². The van der Waals surface area contributed by atoms with E-state index < -0.39 is 5.60 Å². The molecule has 0 spiro atoms. The van der Waals surface area contributed by atoms with Crippen LogP contribution >= 0.6 is 0 Å². The Kier molecular flexibility index (Phi) is 3.78. The van der Waals surface area contributed by atoms with Crippen molar-refractivity contribution >= 4 is 0 Å². The summed E-state index contributed by atoms with van der Waals surface area (Å²) in [5.41, 5.74) is 0.803. The molecule has 2 unspecified atom stereocenters. The van der Waals surface area contributed by atoms with Crippen molar-refractivity contribution in [3.8, 4) is 0 Å². The van der Waals surface area contributed by atoms with Crippen molar-refractivity contribution in [3.63, 3.8) is 0 Å². The van der Waals surface area contributed by atoms with Crippen LogP contribution in [0.15, 0.2) is 12.3 Å². The van der Waals surface area contributed by atoms with E-state index in [1.165, 1.54) is 0 Å². The zero-order chi connectivity index (χ0) is 14.3. The molecule has 0 aromatic carbocycles. The first-order valence-corrected chi connectivity index (χ1v) is 7.48. The molecule has 1 aromatic heterocycles. The van der Waals surface area contributed by atoms with E-state index >= 15 is 0 Å². The zero-order valence-corrected chi connectivity index (χ0v) is 13.0. The third-order valence-electron chi connectivity index (χ3n) is 4.69. The van der Waals surface area contributed by atoms with Gasteiger partial charge in [0.25, 0.3) is 0 Å². The Morgan fingerprint density at radius 3 is 2.63 bits per heavy atom. The summed E-state index contributed by atoms with van der Waals surface area (Å²) >= 11 is 0. The summed E-state index contributed by atoms with van der Waals surface area (Å²) in [6.45, 7) is 11.0. The van der Waals surface area contributed by atoms with Crippen molar-refractivity contribution in [2.45, 2.75) is 71.9 Å². The van der Waals surface area contributed by atoms with Crippen LogP contribution in [0.4, 0.5) is 0 Å². The largest absolute Gasteiger partial charge is 0.389 e. The third-order valence-corrected chi connectivity index (χ3v) is 4.69. The maximum atomic E-state index is 10.9. The lowest BCUT2D eigenvalue weighted by Crippen LogP contribution is -2.45. The van der Waals surface area contributed by atoms with Crippen LogP contribution in [0.2, 0.25) is 0 Å². The van der Waals surface area contributed by atoms with Gasteiger partial charge in [0.1, 0.15) is 0 Å². The van der Waals surface area contributed by atoms with Crippen LogP contribution in [-0.2, 0) is 6.42 Å². The molecule has 0 bridgehead atoms. The second-order valence-electron chi connectivity index (χ2n) is 7.43. The Morgan fingerprint density at radius 1 is 1.42 bits per heavy atom. The maximum Gasteiger partial charge on any atom is 0.0729 e. The van der Waals surface area contributed by atoms with Gasteiger partial charge in [-0.3, -0.25) is 4.68 Å². The summed E-state index contributed by atoms with van der Waals surface area (Å²) in [4.78, 5) is 0. The van der Waals surface area contributed by atoms with E-state index in [2.05, 4.69) is 39.7 Å². The molecular weight excluding hydrogens is 236 g/mol. The standard InChI is InChI=1S/C16H28N2O/c1-12(2)18-9-6-14(17-18)11-16(19)8-7-15(4,5)10-13(16)3/h6,9,12-13,19H,7-8,10-11H2,1-5H3. The SMILES string of the molecule is CC(C)n1ccc(CC2(O)CCC(C)(C)CC2C)n1. The fourth-order valence-corrected chi connectivity index (χ4v) is 3.26. The minimum absolute atomic E-state index is 0.334. The maximum absolute atomic E-state index is 10.9. The second-order valence-corrected chi connectivity index (χ2v) is 7.43. The van der Waals surface area contributed by atoms with Gasteiger partial charge >= 0.3 is 0 Å². The molecule has 1 aliphatic rings. The molecular formula is C16H28N2O. The Labute approximate surface area is 117 Å². The Bertz CT molecular complexity index is 436. The summed E-state index contributed by atoms with van der Waals surface area (Å²) < 4.78 is 1.97. The first-order valence-electron chi connectivity index (χ1n) is 7.48. The van der Waals surface area contributed by atoms with Crippen molar-refractivity contribution in [3.05, 3.63) is 18.0 Å². The molecule has 1 heterocycles. The molecule has 1 N–H and O–H groups in total. The van der Waals surface area contributed by atoms with Crippen molar-refractivity contribution < 1.29 is 5.11 Å². The van der Waals surface area contributed by atoms with Crippen molar-refractivity contribution in [2.24, 2.45) is 11.3 Å². The average molecular weight is 264 g/mol. The molecule has 2 rings (SSSR count). The Morgan fingerprint density at radius 2 is 2.11 bits per heavy atom. The molecule has 1 saturated carbocycles. The molecule has 2 atom stereocenters. The number of aromatic nitrogens is 2. The lowest BCUT2D eigenvalue weighted by Gasteiger charge is -2.45. The molecule has 19 heavy (non-hydrogen) atoms. The highest BCUT2D eigenvalue weighted by Crippen LogP contribution is 2.45. The predicted octanol–water partition coefficient (Wildman–Crippen LogP) is 3.58. The predicted molar refractivity (Wildman–Crippen MR) is 78.1 cm³/mol. The molecule has 0 aliphatic heterocycles. The average Bonchev–Trinajstić information content (AvgIpc) is 2.73. The highest BCUT2D eigenvalue weighted by atomic mass is 16.3. The van der Waals surface area contributed by atoms with Gasteiger partial charge < -0.3 is 5.11 Å². The molecule has 0 radical (unpaired) electrons. The first kappa shape index (κ1) is 14.6. The topological polar surface area (TPSA) is 38.0 Å². The van der Waals surface area contributed by atoms with Gasteiger partial charge in [0, 0.05) is 18.7 Å². The third kappa shape index (κ3) is 3.19. The van der Waals surface area contributed by atoms with E-state index in [1.807, 2.05) is 16.9 Å². The molecule has 108 valence electrons. The highest BCUT2D eigenvalue weighted by Gasteiger charge is 2.42. The summed E-state index contributed by atoms with van der Waals surface area (Å²) in [6, 6.07) is 2.43. The van der Waals surface area contributed by atoms with Crippen LogP contribution in [0.3, 0.4) is 0 Å².